The Morgan fingerprint density at radius 2 is 1.48 bits per heavy atom. The summed E-state index contributed by atoms with van der Waals surface area (Å²) < 4.78 is 10.7. The number of anilines is 1. The zero-order chi connectivity index (χ0) is 21.6. The van der Waals surface area contributed by atoms with Crippen molar-refractivity contribution in [3.05, 3.63) is 94.9 Å². The summed E-state index contributed by atoms with van der Waals surface area (Å²) in [4.78, 5) is 36.3. The van der Waals surface area contributed by atoms with E-state index in [-0.39, 0.29) is 5.69 Å². The predicted molar refractivity (Wildman–Crippen MR) is 114 cm³/mol. The summed E-state index contributed by atoms with van der Waals surface area (Å²) >= 11 is 0. The van der Waals surface area contributed by atoms with Gasteiger partial charge in [-0.3, -0.25) is 9.59 Å². The van der Waals surface area contributed by atoms with Crippen molar-refractivity contribution in [3.63, 3.8) is 0 Å². The van der Waals surface area contributed by atoms with Crippen molar-refractivity contribution in [3.8, 4) is 11.5 Å². The lowest BCUT2D eigenvalue weighted by Crippen LogP contribution is -2.22. The number of hydrogen-bond donors (Lipinski definition) is 2. The molecule has 0 aliphatic rings. The molecule has 0 atom stereocenters. The average Bonchev–Trinajstić information content (AvgIpc) is 2.80. The molecule has 0 bridgehead atoms. The van der Waals surface area contributed by atoms with E-state index in [0.29, 0.717) is 28.0 Å². The number of ether oxygens (including phenoxy) is 2. The summed E-state index contributed by atoms with van der Waals surface area (Å²) in [6.45, 7) is -0.504. The van der Waals surface area contributed by atoms with Gasteiger partial charge < -0.3 is 14.8 Å². The smallest absolute Gasteiger partial charge is 0.359 e. The Hall–Kier alpha value is -4.46. The quantitative estimate of drug-likeness (QED) is 0.466. The van der Waals surface area contributed by atoms with Crippen molar-refractivity contribution >= 4 is 28.3 Å². The van der Waals surface area contributed by atoms with Crippen molar-refractivity contribution in [2.45, 2.75) is 0 Å². The molecule has 1 amide bonds. The Bertz CT molecular complexity index is 1280. The summed E-state index contributed by atoms with van der Waals surface area (Å²) in [6.07, 6.45) is 0. The Morgan fingerprint density at radius 3 is 2.23 bits per heavy atom. The topological polar surface area (TPSA) is 110 Å². The van der Waals surface area contributed by atoms with Crippen molar-refractivity contribution in [2.75, 3.05) is 11.9 Å². The minimum atomic E-state index is -0.811. The number of carbonyl (C=O) groups is 2. The van der Waals surface area contributed by atoms with E-state index in [2.05, 4.69) is 15.5 Å². The lowest BCUT2D eigenvalue weighted by molar-refractivity contribution is -0.119. The average molecular weight is 415 g/mol. The second kappa shape index (κ2) is 8.91. The third-order valence-corrected chi connectivity index (χ3v) is 4.34. The molecule has 0 saturated heterocycles. The molecule has 0 spiro atoms. The predicted octanol–water partition coefficient (Wildman–Crippen LogP) is 3.51. The SMILES string of the molecule is O=C(COC(=O)c1n[nH]c(=O)c2ccccc12)Nc1ccc(Oc2ccccc2)cc1. The number of para-hydroxylation sites is 1. The fraction of sp³-hybridized carbons (Fsp3) is 0.0435. The molecule has 8 heteroatoms. The van der Waals surface area contributed by atoms with Gasteiger partial charge in [-0.05, 0) is 42.5 Å². The fourth-order valence-corrected chi connectivity index (χ4v) is 2.90. The van der Waals surface area contributed by atoms with Gasteiger partial charge in [-0.15, -0.1) is 0 Å². The number of carbonyl (C=O) groups excluding carboxylic acids is 2. The molecule has 4 rings (SSSR count). The van der Waals surface area contributed by atoms with Gasteiger partial charge in [-0.2, -0.15) is 5.10 Å². The van der Waals surface area contributed by atoms with E-state index in [1.807, 2.05) is 30.3 Å². The van der Waals surface area contributed by atoms with Crippen molar-refractivity contribution in [1.29, 1.82) is 0 Å². The van der Waals surface area contributed by atoms with Crippen LogP contribution in [0, 0.1) is 0 Å². The maximum atomic E-state index is 12.3. The fourth-order valence-electron chi connectivity index (χ4n) is 2.90. The molecule has 8 nitrogen and oxygen atoms in total. The van der Waals surface area contributed by atoms with Crippen molar-refractivity contribution < 1.29 is 19.1 Å². The summed E-state index contributed by atoms with van der Waals surface area (Å²) in [5.74, 6) is -0.00532. The summed E-state index contributed by atoms with van der Waals surface area (Å²) in [6, 6.07) is 22.6. The molecule has 4 aromatic rings. The zero-order valence-electron chi connectivity index (χ0n) is 16.2. The van der Waals surface area contributed by atoms with Gasteiger partial charge in [0.15, 0.2) is 12.3 Å². The number of fused-ring (bicyclic) bond motifs is 1. The van der Waals surface area contributed by atoms with Crippen LogP contribution in [0.25, 0.3) is 10.8 Å². The second-order valence-corrected chi connectivity index (χ2v) is 6.51. The Labute approximate surface area is 176 Å². The van der Waals surface area contributed by atoms with Crippen LogP contribution in [-0.2, 0) is 9.53 Å². The highest BCUT2D eigenvalue weighted by Crippen LogP contribution is 2.22. The number of nitrogens with zero attached hydrogens (tertiary/aromatic N) is 1. The second-order valence-electron chi connectivity index (χ2n) is 6.51. The van der Waals surface area contributed by atoms with E-state index >= 15 is 0 Å². The van der Waals surface area contributed by atoms with E-state index < -0.39 is 24.0 Å². The Kier molecular flexibility index (Phi) is 5.70. The van der Waals surface area contributed by atoms with Gasteiger partial charge in [0.05, 0.1) is 5.39 Å². The molecular weight excluding hydrogens is 398 g/mol. The first kappa shape index (κ1) is 19.8. The molecule has 3 aromatic carbocycles. The van der Waals surface area contributed by atoms with Gasteiger partial charge in [-0.1, -0.05) is 36.4 Å². The standard InChI is InChI=1S/C23H17N3O5/c27-20(24-15-10-12-17(13-11-15)31-16-6-2-1-3-7-16)14-30-23(29)21-18-8-4-5-9-19(18)22(28)26-25-21/h1-13H,14H2,(H,24,27)(H,26,28). The zero-order valence-corrected chi connectivity index (χ0v) is 16.2. The largest absolute Gasteiger partial charge is 0.457 e. The van der Waals surface area contributed by atoms with Crippen LogP contribution >= 0.6 is 0 Å². The third kappa shape index (κ3) is 4.76. The van der Waals surface area contributed by atoms with Crippen LogP contribution in [0.1, 0.15) is 10.5 Å². The van der Waals surface area contributed by atoms with E-state index in [0.717, 1.165) is 0 Å². The molecule has 154 valence electrons. The van der Waals surface area contributed by atoms with Crippen LogP contribution in [0.3, 0.4) is 0 Å². The molecule has 0 radical (unpaired) electrons. The minimum Gasteiger partial charge on any atom is -0.457 e. The van der Waals surface area contributed by atoms with E-state index in [1.165, 1.54) is 0 Å². The molecule has 2 N–H and O–H groups in total. The van der Waals surface area contributed by atoms with Gasteiger partial charge in [-0.25, -0.2) is 9.89 Å². The van der Waals surface area contributed by atoms with Gasteiger partial charge in [0.1, 0.15) is 11.5 Å². The highest BCUT2D eigenvalue weighted by Gasteiger charge is 2.16. The number of amides is 1. The third-order valence-electron chi connectivity index (χ3n) is 4.34. The molecule has 1 heterocycles. The Balaban J connectivity index is 1.35. The molecule has 0 fully saturated rings. The van der Waals surface area contributed by atoms with Crippen LogP contribution in [0.4, 0.5) is 5.69 Å². The van der Waals surface area contributed by atoms with Gasteiger partial charge in [0.25, 0.3) is 11.5 Å². The number of H-pyrrole nitrogens is 1. The number of aromatic nitrogens is 2. The lowest BCUT2D eigenvalue weighted by Gasteiger charge is -2.09. The minimum absolute atomic E-state index is 0.0644. The van der Waals surface area contributed by atoms with Crippen LogP contribution in [0.5, 0.6) is 11.5 Å². The first-order chi connectivity index (χ1) is 15.1. The van der Waals surface area contributed by atoms with Crippen LogP contribution in [0.2, 0.25) is 0 Å². The van der Waals surface area contributed by atoms with E-state index in [9.17, 15) is 14.4 Å². The normalized spacial score (nSPS) is 10.5. The maximum absolute atomic E-state index is 12.3. The molecule has 0 aliphatic carbocycles. The maximum Gasteiger partial charge on any atom is 0.359 e. The van der Waals surface area contributed by atoms with Crippen molar-refractivity contribution in [1.82, 2.24) is 10.2 Å². The highest BCUT2D eigenvalue weighted by molar-refractivity contribution is 6.03. The summed E-state index contributed by atoms with van der Waals surface area (Å²) in [5, 5.41) is 9.31. The first-order valence-electron chi connectivity index (χ1n) is 9.37. The number of hydrogen-bond acceptors (Lipinski definition) is 6. The van der Waals surface area contributed by atoms with Crippen molar-refractivity contribution in [2.24, 2.45) is 0 Å². The first-order valence-corrected chi connectivity index (χ1v) is 9.37. The van der Waals surface area contributed by atoms with Gasteiger partial charge in [0.2, 0.25) is 0 Å². The monoisotopic (exact) mass is 415 g/mol. The van der Waals surface area contributed by atoms with E-state index in [1.54, 1.807) is 48.5 Å². The molecule has 0 aliphatic heterocycles. The summed E-state index contributed by atoms with van der Waals surface area (Å²) in [7, 11) is 0. The number of rotatable bonds is 6. The van der Waals surface area contributed by atoms with Crippen LogP contribution in [0.15, 0.2) is 83.7 Å². The number of benzene rings is 3. The summed E-state index contributed by atoms with van der Waals surface area (Å²) in [5.41, 5.74) is 0.0454. The van der Waals surface area contributed by atoms with E-state index in [4.69, 9.17) is 9.47 Å². The number of esters is 1. The molecule has 0 saturated carbocycles. The number of nitrogens with one attached hydrogen (secondary N) is 2. The number of aromatic amines is 1. The van der Waals surface area contributed by atoms with Crippen LogP contribution < -0.4 is 15.6 Å². The Morgan fingerprint density at radius 1 is 0.839 bits per heavy atom. The highest BCUT2D eigenvalue weighted by atomic mass is 16.5. The van der Waals surface area contributed by atoms with Crippen LogP contribution in [-0.4, -0.2) is 28.7 Å². The lowest BCUT2D eigenvalue weighted by atomic mass is 10.1. The van der Waals surface area contributed by atoms with Gasteiger partial charge in [0, 0.05) is 11.1 Å². The molecule has 0 unspecified atom stereocenters. The molecule has 1 aromatic heterocycles. The van der Waals surface area contributed by atoms with Gasteiger partial charge >= 0.3 is 5.97 Å². The molecular formula is C23H17N3O5. The molecule has 31 heavy (non-hydrogen) atoms.